The van der Waals surface area contributed by atoms with Crippen molar-refractivity contribution in [3.05, 3.63) is 35.4 Å². The molecule has 5 heteroatoms. The highest BCUT2D eigenvalue weighted by molar-refractivity contribution is 5.74. The number of nitriles is 1. The van der Waals surface area contributed by atoms with Crippen LogP contribution in [0.25, 0.3) is 0 Å². The lowest BCUT2D eigenvalue weighted by Gasteiger charge is -2.39. The van der Waals surface area contributed by atoms with E-state index < -0.39 is 5.54 Å². The normalized spacial score (nSPS) is 17.8. The Balaban J connectivity index is 1.87. The van der Waals surface area contributed by atoms with Crippen LogP contribution in [0.1, 0.15) is 50.2 Å². The van der Waals surface area contributed by atoms with Gasteiger partial charge < -0.3 is 15.7 Å². The first kappa shape index (κ1) is 17.3. The number of aliphatic hydroxyl groups excluding tert-OH is 1. The van der Waals surface area contributed by atoms with E-state index in [4.69, 9.17) is 5.26 Å². The highest BCUT2D eigenvalue weighted by Crippen LogP contribution is 2.32. The summed E-state index contributed by atoms with van der Waals surface area (Å²) in [6, 6.07) is 8.91. The summed E-state index contributed by atoms with van der Waals surface area (Å²) in [6.07, 6.45) is 5.66. The Hall–Kier alpha value is -2.06. The van der Waals surface area contributed by atoms with Crippen molar-refractivity contribution >= 4 is 6.03 Å². The maximum atomic E-state index is 12.2. The third-order valence-corrected chi connectivity index (χ3v) is 4.77. The molecule has 2 rings (SSSR count). The van der Waals surface area contributed by atoms with Crippen molar-refractivity contribution in [3.63, 3.8) is 0 Å². The Bertz CT molecular complexity index is 559. The molecule has 23 heavy (non-hydrogen) atoms. The van der Waals surface area contributed by atoms with E-state index in [1.54, 1.807) is 12.1 Å². The van der Waals surface area contributed by atoms with Gasteiger partial charge in [0.25, 0.3) is 0 Å². The highest BCUT2D eigenvalue weighted by atomic mass is 16.3. The molecule has 0 unspecified atom stereocenters. The first-order valence-corrected chi connectivity index (χ1v) is 8.23. The maximum absolute atomic E-state index is 12.2. The lowest BCUT2D eigenvalue weighted by molar-refractivity contribution is 0.101. The fourth-order valence-electron chi connectivity index (χ4n) is 3.19. The summed E-state index contributed by atoms with van der Waals surface area (Å²) in [6.45, 7) is 2.26. The predicted octanol–water partition coefficient (Wildman–Crippen LogP) is 2.69. The van der Waals surface area contributed by atoms with Crippen LogP contribution in [0.3, 0.4) is 0 Å². The van der Waals surface area contributed by atoms with E-state index in [1.807, 2.05) is 19.1 Å². The van der Waals surface area contributed by atoms with E-state index in [1.165, 1.54) is 6.42 Å². The second kappa shape index (κ2) is 7.98. The average Bonchev–Trinajstić information content (AvgIpc) is 2.61. The van der Waals surface area contributed by atoms with Gasteiger partial charge in [-0.1, -0.05) is 31.4 Å². The predicted molar refractivity (Wildman–Crippen MR) is 88.6 cm³/mol. The number of nitrogens with one attached hydrogen (secondary N) is 2. The molecule has 0 bridgehead atoms. The van der Waals surface area contributed by atoms with Crippen LogP contribution >= 0.6 is 0 Å². The summed E-state index contributed by atoms with van der Waals surface area (Å²) in [5.74, 6) is 0.321. The summed E-state index contributed by atoms with van der Waals surface area (Å²) in [5.41, 5.74) is 0.959. The maximum Gasteiger partial charge on any atom is 0.315 e. The molecule has 2 amide bonds. The highest BCUT2D eigenvalue weighted by Gasteiger charge is 2.35. The van der Waals surface area contributed by atoms with Gasteiger partial charge in [0, 0.05) is 6.54 Å². The van der Waals surface area contributed by atoms with E-state index in [0.29, 0.717) is 18.0 Å². The Labute approximate surface area is 137 Å². The van der Waals surface area contributed by atoms with Crippen LogP contribution in [0.5, 0.6) is 0 Å². The fourth-order valence-corrected chi connectivity index (χ4v) is 3.19. The van der Waals surface area contributed by atoms with Crippen LogP contribution in [-0.4, -0.2) is 23.3 Å². The molecular formula is C18H25N3O2. The van der Waals surface area contributed by atoms with Crippen molar-refractivity contribution < 1.29 is 9.90 Å². The monoisotopic (exact) mass is 315 g/mol. The zero-order valence-corrected chi connectivity index (χ0v) is 13.6. The molecule has 1 aromatic carbocycles. The number of rotatable bonds is 5. The molecule has 1 aromatic rings. The SMILES string of the molecule is C[C@@](CO)(NC(=O)NCc1ccc(C#N)cc1)C1CCCCC1. The third-order valence-electron chi connectivity index (χ3n) is 4.77. The molecule has 1 aliphatic carbocycles. The van der Waals surface area contributed by atoms with Gasteiger partial charge in [0.05, 0.1) is 23.8 Å². The van der Waals surface area contributed by atoms with Crippen molar-refractivity contribution in [2.75, 3.05) is 6.61 Å². The molecule has 1 saturated carbocycles. The lowest BCUT2D eigenvalue weighted by Crippen LogP contribution is -2.57. The Morgan fingerprint density at radius 1 is 1.30 bits per heavy atom. The van der Waals surface area contributed by atoms with E-state index in [9.17, 15) is 9.90 Å². The number of carbonyl (C=O) groups excluding carboxylic acids is 1. The van der Waals surface area contributed by atoms with Crippen molar-refractivity contribution in [3.8, 4) is 6.07 Å². The zero-order valence-electron chi connectivity index (χ0n) is 13.6. The topological polar surface area (TPSA) is 85.2 Å². The molecule has 5 nitrogen and oxygen atoms in total. The smallest absolute Gasteiger partial charge is 0.315 e. The summed E-state index contributed by atoms with van der Waals surface area (Å²) >= 11 is 0. The number of hydrogen-bond donors (Lipinski definition) is 3. The largest absolute Gasteiger partial charge is 0.394 e. The minimum atomic E-state index is -0.574. The zero-order chi connectivity index (χ0) is 16.7. The van der Waals surface area contributed by atoms with Gasteiger partial charge in [-0.25, -0.2) is 4.79 Å². The van der Waals surface area contributed by atoms with Crippen LogP contribution in [0.15, 0.2) is 24.3 Å². The van der Waals surface area contributed by atoms with Crippen molar-refractivity contribution in [1.82, 2.24) is 10.6 Å². The van der Waals surface area contributed by atoms with Crippen molar-refractivity contribution in [2.24, 2.45) is 5.92 Å². The average molecular weight is 315 g/mol. The molecule has 0 radical (unpaired) electrons. The van der Waals surface area contributed by atoms with Gasteiger partial charge in [-0.15, -0.1) is 0 Å². The standard InChI is InChI=1S/C18H25N3O2/c1-18(13-22,16-5-3-2-4-6-16)21-17(23)20-12-15-9-7-14(11-19)8-10-15/h7-10,16,22H,2-6,12-13H2,1H3,(H2,20,21,23)/t18-/m0/s1. The number of amides is 2. The first-order valence-electron chi connectivity index (χ1n) is 8.23. The van der Waals surface area contributed by atoms with Crippen LogP contribution in [-0.2, 0) is 6.54 Å². The number of nitrogens with zero attached hydrogens (tertiary/aromatic N) is 1. The summed E-state index contributed by atoms with van der Waals surface area (Å²) in [7, 11) is 0. The molecule has 1 aliphatic rings. The molecule has 0 aromatic heterocycles. The molecule has 1 atom stereocenters. The van der Waals surface area contributed by atoms with Crippen molar-refractivity contribution in [1.29, 1.82) is 5.26 Å². The minimum Gasteiger partial charge on any atom is -0.394 e. The Kier molecular flexibility index (Phi) is 6.00. The quantitative estimate of drug-likeness (QED) is 0.781. The summed E-state index contributed by atoms with van der Waals surface area (Å²) in [4.78, 5) is 12.2. The van der Waals surface area contributed by atoms with Crippen LogP contribution in [0, 0.1) is 17.2 Å². The molecule has 3 N–H and O–H groups in total. The molecule has 0 heterocycles. The molecule has 0 aliphatic heterocycles. The summed E-state index contributed by atoms with van der Waals surface area (Å²) in [5, 5.41) is 24.3. The van der Waals surface area contributed by atoms with Gasteiger partial charge in [0.1, 0.15) is 0 Å². The Morgan fingerprint density at radius 3 is 2.52 bits per heavy atom. The van der Waals surface area contributed by atoms with Gasteiger partial charge in [0.15, 0.2) is 0 Å². The fraction of sp³-hybridized carbons (Fsp3) is 0.556. The van der Waals surface area contributed by atoms with E-state index in [0.717, 1.165) is 31.2 Å². The number of aliphatic hydroxyl groups is 1. The van der Waals surface area contributed by atoms with Crippen LogP contribution in [0.4, 0.5) is 4.79 Å². The number of carbonyl (C=O) groups is 1. The van der Waals surface area contributed by atoms with Gasteiger partial charge in [0.2, 0.25) is 0 Å². The number of benzene rings is 1. The molecule has 1 fully saturated rings. The molecular weight excluding hydrogens is 290 g/mol. The number of hydrogen-bond acceptors (Lipinski definition) is 3. The van der Waals surface area contributed by atoms with Gasteiger partial charge in [-0.2, -0.15) is 5.26 Å². The van der Waals surface area contributed by atoms with E-state index in [2.05, 4.69) is 16.7 Å². The summed E-state index contributed by atoms with van der Waals surface area (Å²) < 4.78 is 0. The van der Waals surface area contributed by atoms with Gasteiger partial charge in [-0.05, 0) is 43.4 Å². The van der Waals surface area contributed by atoms with Gasteiger partial charge >= 0.3 is 6.03 Å². The van der Waals surface area contributed by atoms with E-state index in [-0.39, 0.29) is 12.6 Å². The minimum absolute atomic E-state index is 0.0536. The molecule has 0 saturated heterocycles. The second-order valence-electron chi connectivity index (χ2n) is 6.53. The second-order valence-corrected chi connectivity index (χ2v) is 6.53. The first-order chi connectivity index (χ1) is 11.1. The number of urea groups is 1. The van der Waals surface area contributed by atoms with Crippen LogP contribution in [0.2, 0.25) is 0 Å². The van der Waals surface area contributed by atoms with E-state index >= 15 is 0 Å². The van der Waals surface area contributed by atoms with Gasteiger partial charge in [-0.3, -0.25) is 0 Å². The Morgan fingerprint density at radius 2 is 1.96 bits per heavy atom. The third kappa shape index (κ3) is 4.70. The lowest BCUT2D eigenvalue weighted by atomic mass is 9.76. The van der Waals surface area contributed by atoms with Crippen molar-refractivity contribution in [2.45, 2.75) is 51.1 Å². The molecule has 0 spiro atoms. The molecule has 124 valence electrons. The van der Waals surface area contributed by atoms with Crippen LogP contribution < -0.4 is 10.6 Å².